The summed E-state index contributed by atoms with van der Waals surface area (Å²) in [4.78, 5) is 24.1. The second-order valence-corrected chi connectivity index (χ2v) is 6.94. The quantitative estimate of drug-likeness (QED) is 0.640. The largest absolute Gasteiger partial charge is 0.457 e. The van der Waals surface area contributed by atoms with Crippen molar-refractivity contribution in [2.75, 3.05) is 32.1 Å². The van der Waals surface area contributed by atoms with E-state index in [0.717, 1.165) is 25.9 Å². The highest BCUT2D eigenvalue weighted by molar-refractivity contribution is 5.95. The van der Waals surface area contributed by atoms with Gasteiger partial charge in [-0.3, -0.25) is 9.59 Å². The zero-order valence-corrected chi connectivity index (χ0v) is 17.1. The predicted octanol–water partition coefficient (Wildman–Crippen LogP) is 2.95. The molecule has 2 aromatic rings. The van der Waals surface area contributed by atoms with Gasteiger partial charge in [-0.15, -0.1) is 12.4 Å². The van der Waals surface area contributed by atoms with Gasteiger partial charge in [-0.05, 0) is 68.4 Å². The van der Waals surface area contributed by atoms with Gasteiger partial charge in [-0.2, -0.15) is 0 Å². The van der Waals surface area contributed by atoms with Crippen LogP contribution in [0.2, 0.25) is 0 Å². The van der Waals surface area contributed by atoms with E-state index in [2.05, 4.69) is 10.6 Å². The van der Waals surface area contributed by atoms with Gasteiger partial charge in [0.15, 0.2) is 0 Å². The van der Waals surface area contributed by atoms with Crippen molar-refractivity contribution in [1.29, 1.82) is 0 Å². The van der Waals surface area contributed by atoms with E-state index in [4.69, 9.17) is 15.2 Å². The van der Waals surface area contributed by atoms with Crippen molar-refractivity contribution >= 4 is 29.9 Å². The Labute approximate surface area is 176 Å². The molecule has 0 aromatic heterocycles. The van der Waals surface area contributed by atoms with E-state index < -0.39 is 11.3 Å². The maximum atomic E-state index is 12.9. The second-order valence-electron chi connectivity index (χ2n) is 6.94. The van der Waals surface area contributed by atoms with Crippen LogP contribution in [0.1, 0.15) is 23.2 Å². The first-order chi connectivity index (χ1) is 13.5. The number of methoxy groups -OCH3 is 1. The fourth-order valence-electron chi connectivity index (χ4n) is 3.34. The zero-order chi connectivity index (χ0) is 20.0. The standard InChI is InChI=1S/C21H25N3O4.ClH/c1-27-14-21(9-11-23-12-10-21)20(26)24-16-5-7-17(8-6-16)28-18-4-2-3-15(13-18)19(22)25;/h2-8,13,23H,9-12,14H2,1H3,(H2,22,25)(H,24,26);1H. The molecule has 1 aliphatic heterocycles. The number of piperidine rings is 1. The van der Waals surface area contributed by atoms with Crippen LogP contribution in [0.3, 0.4) is 0 Å². The normalized spacial score (nSPS) is 15.1. The van der Waals surface area contributed by atoms with Gasteiger partial charge in [0.05, 0.1) is 12.0 Å². The highest BCUT2D eigenvalue weighted by atomic mass is 35.5. The molecule has 8 heteroatoms. The summed E-state index contributed by atoms with van der Waals surface area (Å²) in [5, 5.41) is 6.27. The Bertz CT molecular complexity index is 831. The molecule has 4 N–H and O–H groups in total. The van der Waals surface area contributed by atoms with Gasteiger partial charge in [-0.1, -0.05) is 6.07 Å². The third-order valence-corrected chi connectivity index (χ3v) is 4.93. The van der Waals surface area contributed by atoms with Gasteiger partial charge in [0.1, 0.15) is 11.5 Å². The molecule has 0 atom stereocenters. The average molecular weight is 420 g/mol. The van der Waals surface area contributed by atoms with E-state index in [1.54, 1.807) is 55.6 Å². The van der Waals surface area contributed by atoms with Crippen molar-refractivity contribution in [1.82, 2.24) is 5.32 Å². The highest BCUT2D eigenvalue weighted by Gasteiger charge is 2.39. The van der Waals surface area contributed by atoms with Gasteiger partial charge < -0.3 is 25.8 Å². The number of benzene rings is 2. The van der Waals surface area contributed by atoms with E-state index in [9.17, 15) is 9.59 Å². The number of carbonyl (C=O) groups is 2. The summed E-state index contributed by atoms with van der Waals surface area (Å²) in [5.74, 6) is 0.569. The molecule has 29 heavy (non-hydrogen) atoms. The van der Waals surface area contributed by atoms with Crippen LogP contribution in [-0.2, 0) is 9.53 Å². The van der Waals surface area contributed by atoms with Crippen LogP contribution < -0.4 is 21.1 Å². The van der Waals surface area contributed by atoms with Gasteiger partial charge >= 0.3 is 0 Å². The SMILES string of the molecule is COCC1(C(=O)Nc2ccc(Oc3cccc(C(N)=O)c3)cc2)CCNCC1.Cl. The van der Waals surface area contributed by atoms with Crippen molar-refractivity contribution in [3.63, 3.8) is 0 Å². The van der Waals surface area contributed by atoms with E-state index >= 15 is 0 Å². The molecule has 3 rings (SSSR count). The lowest BCUT2D eigenvalue weighted by atomic mass is 9.78. The number of nitrogens with two attached hydrogens (primary N) is 1. The lowest BCUT2D eigenvalue weighted by Gasteiger charge is -2.35. The maximum Gasteiger partial charge on any atom is 0.248 e. The summed E-state index contributed by atoms with van der Waals surface area (Å²) in [7, 11) is 1.62. The third-order valence-electron chi connectivity index (χ3n) is 4.93. The molecule has 0 radical (unpaired) electrons. The number of hydrogen-bond donors (Lipinski definition) is 3. The number of amides is 2. The van der Waals surface area contributed by atoms with Crippen LogP contribution in [0.15, 0.2) is 48.5 Å². The van der Waals surface area contributed by atoms with Crippen molar-refractivity contribution in [2.45, 2.75) is 12.8 Å². The lowest BCUT2D eigenvalue weighted by Crippen LogP contribution is -2.47. The van der Waals surface area contributed by atoms with Crippen LogP contribution in [0, 0.1) is 5.41 Å². The van der Waals surface area contributed by atoms with Crippen LogP contribution in [0.4, 0.5) is 5.69 Å². The number of halogens is 1. The molecule has 0 spiro atoms. The van der Waals surface area contributed by atoms with E-state index in [-0.39, 0.29) is 18.3 Å². The first kappa shape index (κ1) is 22.7. The zero-order valence-electron chi connectivity index (χ0n) is 16.3. The number of ether oxygens (including phenoxy) is 2. The molecular weight excluding hydrogens is 394 g/mol. The molecule has 2 amide bonds. The number of hydrogen-bond acceptors (Lipinski definition) is 5. The molecular formula is C21H26ClN3O4. The Morgan fingerprint density at radius 3 is 2.41 bits per heavy atom. The van der Waals surface area contributed by atoms with Gasteiger partial charge in [0.2, 0.25) is 11.8 Å². The molecule has 0 unspecified atom stereocenters. The van der Waals surface area contributed by atoms with Crippen LogP contribution in [0.25, 0.3) is 0 Å². The molecule has 1 saturated heterocycles. The Morgan fingerprint density at radius 1 is 1.10 bits per heavy atom. The topological polar surface area (TPSA) is 103 Å². The summed E-state index contributed by atoms with van der Waals surface area (Å²) in [6.45, 7) is 2.00. The van der Waals surface area contributed by atoms with Crippen LogP contribution >= 0.6 is 12.4 Å². The summed E-state index contributed by atoms with van der Waals surface area (Å²) in [6.07, 6.45) is 1.48. The Morgan fingerprint density at radius 2 is 1.79 bits per heavy atom. The highest BCUT2D eigenvalue weighted by Crippen LogP contribution is 2.31. The molecule has 1 aliphatic rings. The monoisotopic (exact) mass is 419 g/mol. The van der Waals surface area contributed by atoms with Crippen molar-refractivity contribution in [3.8, 4) is 11.5 Å². The smallest absolute Gasteiger partial charge is 0.248 e. The summed E-state index contributed by atoms with van der Waals surface area (Å²) < 4.78 is 11.1. The summed E-state index contributed by atoms with van der Waals surface area (Å²) in [5.41, 5.74) is 5.85. The van der Waals surface area contributed by atoms with Crippen molar-refractivity contribution in [3.05, 3.63) is 54.1 Å². The first-order valence-electron chi connectivity index (χ1n) is 9.21. The number of primary amides is 1. The number of rotatable bonds is 7. The maximum absolute atomic E-state index is 12.9. The summed E-state index contributed by atoms with van der Waals surface area (Å²) in [6, 6.07) is 13.8. The molecule has 2 aromatic carbocycles. The van der Waals surface area contributed by atoms with Crippen molar-refractivity contribution in [2.24, 2.45) is 11.1 Å². The minimum absolute atomic E-state index is 0. The van der Waals surface area contributed by atoms with Crippen LogP contribution in [0.5, 0.6) is 11.5 Å². The predicted molar refractivity (Wildman–Crippen MR) is 114 cm³/mol. The molecule has 0 aliphatic carbocycles. The molecule has 1 heterocycles. The number of nitrogens with one attached hydrogen (secondary N) is 2. The molecule has 0 bridgehead atoms. The fourth-order valence-corrected chi connectivity index (χ4v) is 3.34. The Kier molecular flexibility index (Phi) is 8.01. The third kappa shape index (κ3) is 5.69. The van der Waals surface area contributed by atoms with Crippen molar-refractivity contribution < 1.29 is 19.1 Å². The minimum Gasteiger partial charge on any atom is -0.457 e. The minimum atomic E-state index is -0.510. The van der Waals surface area contributed by atoms with Crippen LogP contribution in [-0.4, -0.2) is 38.6 Å². The molecule has 1 fully saturated rings. The number of carbonyl (C=O) groups excluding carboxylic acids is 2. The Hall–Kier alpha value is -2.61. The Balaban J connectivity index is 0.00000300. The lowest BCUT2D eigenvalue weighted by molar-refractivity contribution is -0.130. The van der Waals surface area contributed by atoms with Gasteiger partial charge in [-0.25, -0.2) is 0 Å². The summed E-state index contributed by atoms with van der Waals surface area (Å²) >= 11 is 0. The number of anilines is 1. The van der Waals surface area contributed by atoms with Gasteiger partial charge in [0.25, 0.3) is 0 Å². The van der Waals surface area contributed by atoms with E-state index in [0.29, 0.717) is 29.4 Å². The fraction of sp³-hybridized carbons (Fsp3) is 0.333. The molecule has 7 nitrogen and oxygen atoms in total. The average Bonchev–Trinajstić information content (AvgIpc) is 2.70. The van der Waals surface area contributed by atoms with Gasteiger partial charge in [0, 0.05) is 18.4 Å². The van der Waals surface area contributed by atoms with E-state index in [1.807, 2.05) is 0 Å². The second kappa shape index (κ2) is 10.2. The first-order valence-corrected chi connectivity index (χ1v) is 9.21. The molecule has 156 valence electrons. The molecule has 0 saturated carbocycles. The van der Waals surface area contributed by atoms with E-state index in [1.165, 1.54) is 0 Å².